The molecule has 4 N–H and O–H groups in total. The highest BCUT2D eigenvalue weighted by Crippen LogP contribution is 2.30. The van der Waals surface area contributed by atoms with Crippen LogP contribution in [0.4, 0.5) is 0 Å². The van der Waals surface area contributed by atoms with Gasteiger partial charge in [0.2, 0.25) is 0 Å². The lowest BCUT2D eigenvalue weighted by Crippen LogP contribution is -2.04. The fraction of sp³-hybridized carbons (Fsp3) is 1.00. The zero-order chi connectivity index (χ0) is 9.28. The Morgan fingerprint density at radius 3 is 1.64 bits per heavy atom. The molecule has 66 valence electrons. The van der Waals surface area contributed by atoms with Gasteiger partial charge in [-0.25, -0.2) is 0 Å². The summed E-state index contributed by atoms with van der Waals surface area (Å²) in [6.45, 7) is 0.0694. The van der Waals surface area contributed by atoms with Gasteiger partial charge in [-0.05, 0) is 7.05 Å². The van der Waals surface area contributed by atoms with E-state index in [-0.39, 0.29) is 6.73 Å². The average molecular weight is 205 g/mol. The van der Waals surface area contributed by atoms with Gasteiger partial charge in [0.1, 0.15) is 0 Å². The highest BCUT2D eigenvalue weighted by molar-refractivity contribution is 7.46. The van der Waals surface area contributed by atoms with Gasteiger partial charge >= 0.3 is 16.5 Å². The average Bonchev–Trinajstić information content (AvgIpc) is 1.85. The molecular formula is C2H9NO6P2+2. The van der Waals surface area contributed by atoms with Crippen molar-refractivity contribution >= 4 is 16.5 Å². The van der Waals surface area contributed by atoms with E-state index in [9.17, 15) is 9.13 Å². The molecule has 0 spiro atoms. The van der Waals surface area contributed by atoms with Crippen molar-refractivity contribution in [3.63, 3.8) is 0 Å². The van der Waals surface area contributed by atoms with Crippen molar-refractivity contribution in [2.75, 3.05) is 13.8 Å². The minimum Gasteiger partial charge on any atom is -0.381 e. The molecule has 0 bridgehead atoms. The van der Waals surface area contributed by atoms with Crippen LogP contribution in [0.3, 0.4) is 0 Å². The Kier molecular flexibility index (Phi) is 12.3. The van der Waals surface area contributed by atoms with Crippen LogP contribution in [0.1, 0.15) is 0 Å². The molecule has 0 saturated carbocycles. The standard InChI is InChI=1S/C2H7NO.O5P2/c1-3-2-4;1-6(2)5-7(3)4/h3-4H,2H2,1H3;/p+2. The fourth-order valence-corrected chi connectivity index (χ4v) is 0.538. The maximum absolute atomic E-state index is 9.39. The van der Waals surface area contributed by atoms with E-state index in [1.54, 1.807) is 7.05 Å². The molecule has 0 heterocycles. The van der Waals surface area contributed by atoms with Crippen LogP contribution in [-0.4, -0.2) is 28.7 Å². The van der Waals surface area contributed by atoms with E-state index in [2.05, 4.69) is 9.63 Å². The van der Waals surface area contributed by atoms with Crippen LogP contribution < -0.4 is 5.32 Å². The fourth-order valence-electron chi connectivity index (χ4n) is 0.0598. The predicted molar refractivity (Wildman–Crippen MR) is 36.9 cm³/mol. The first kappa shape index (κ1) is 13.6. The molecule has 0 aromatic heterocycles. The van der Waals surface area contributed by atoms with Crippen LogP contribution in [0, 0.1) is 0 Å². The molecule has 0 aromatic rings. The molecule has 0 saturated heterocycles. The van der Waals surface area contributed by atoms with E-state index in [0.29, 0.717) is 0 Å². The number of rotatable bonds is 3. The quantitative estimate of drug-likeness (QED) is 0.361. The van der Waals surface area contributed by atoms with E-state index in [1.165, 1.54) is 0 Å². The Morgan fingerprint density at radius 2 is 1.64 bits per heavy atom. The summed E-state index contributed by atoms with van der Waals surface area (Å²) in [6, 6.07) is 0. The zero-order valence-electron chi connectivity index (χ0n) is 5.67. The summed E-state index contributed by atoms with van der Waals surface area (Å²) in [5, 5.41) is 10.2. The van der Waals surface area contributed by atoms with E-state index in [0.717, 1.165) is 0 Å². The lowest BCUT2D eigenvalue weighted by Gasteiger charge is -1.76. The summed E-state index contributed by atoms with van der Waals surface area (Å²) >= 11 is 0. The third-order valence-electron chi connectivity index (χ3n) is 0.298. The van der Waals surface area contributed by atoms with Crippen LogP contribution >= 0.6 is 16.5 Å². The van der Waals surface area contributed by atoms with Gasteiger partial charge in [0, 0.05) is 9.13 Å². The van der Waals surface area contributed by atoms with Crippen molar-refractivity contribution < 1.29 is 28.3 Å². The molecule has 2 unspecified atom stereocenters. The van der Waals surface area contributed by atoms with Gasteiger partial charge < -0.3 is 5.11 Å². The molecular weight excluding hydrogens is 196 g/mol. The van der Waals surface area contributed by atoms with Crippen molar-refractivity contribution in [2.24, 2.45) is 0 Å². The molecule has 0 aromatic carbocycles. The third kappa shape index (κ3) is 25.6. The molecule has 0 aliphatic rings. The van der Waals surface area contributed by atoms with Gasteiger partial charge in [-0.2, -0.15) is 0 Å². The summed E-state index contributed by atoms with van der Waals surface area (Å²) in [5.74, 6) is 0. The minimum absolute atomic E-state index is 0.0694. The second-order valence-corrected chi connectivity index (χ2v) is 2.67. The van der Waals surface area contributed by atoms with Gasteiger partial charge in [-0.3, -0.25) is 5.32 Å². The van der Waals surface area contributed by atoms with Crippen LogP contribution in [0.15, 0.2) is 0 Å². The van der Waals surface area contributed by atoms with Crippen LogP contribution in [0.25, 0.3) is 0 Å². The van der Waals surface area contributed by atoms with Gasteiger partial charge in [0.15, 0.2) is 4.31 Å². The first-order valence-corrected chi connectivity index (χ1v) is 4.56. The van der Waals surface area contributed by atoms with Crippen molar-refractivity contribution in [1.82, 2.24) is 5.32 Å². The molecule has 11 heavy (non-hydrogen) atoms. The van der Waals surface area contributed by atoms with Gasteiger partial charge in [-0.15, -0.1) is 9.79 Å². The predicted octanol–water partition coefficient (Wildman–Crippen LogP) is -0.542. The molecule has 2 atom stereocenters. The van der Waals surface area contributed by atoms with Gasteiger partial charge in [0.05, 0.1) is 6.73 Å². The Balaban J connectivity index is 0. The summed E-state index contributed by atoms with van der Waals surface area (Å²) < 4.78 is 22.2. The lowest BCUT2D eigenvalue weighted by molar-refractivity contribution is 0.273. The number of hydrogen-bond acceptors (Lipinski definition) is 5. The first-order chi connectivity index (χ1) is 5.04. The SMILES string of the molecule is CNCO.O=[P+](O)O[P+](=O)O. The monoisotopic (exact) mass is 205 g/mol. The molecule has 7 nitrogen and oxygen atoms in total. The van der Waals surface area contributed by atoms with Gasteiger partial charge in [0.25, 0.3) is 0 Å². The Bertz CT molecular complexity index is 114. The minimum atomic E-state index is -2.92. The summed E-state index contributed by atoms with van der Waals surface area (Å²) in [4.78, 5) is 15.3. The Hall–Kier alpha value is -0.0000000000000000763. The number of aliphatic hydroxyl groups is 1. The van der Waals surface area contributed by atoms with E-state index < -0.39 is 16.5 Å². The number of aliphatic hydroxyl groups excluding tert-OH is 1. The Labute approximate surface area is 64.9 Å². The molecule has 0 aliphatic heterocycles. The molecule has 0 aliphatic carbocycles. The van der Waals surface area contributed by atoms with Gasteiger partial charge in [-0.1, -0.05) is 0 Å². The topological polar surface area (TPSA) is 116 Å². The second-order valence-electron chi connectivity index (χ2n) is 1.07. The van der Waals surface area contributed by atoms with Crippen molar-refractivity contribution in [2.45, 2.75) is 0 Å². The molecule has 0 fully saturated rings. The first-order valence-electron chi connectivity index (χ1n) is 2.30. The molecule has 0 amide bonds. The zero-order valence-corrected chi connectivity index (χ0v) is 7.46. The molecule has 0 radical (unpaired) electrons. The number of hydrogen-bond donors (Lipinski definition) is 4. The maximum Gasteiger partial charge on any atom is 0.745 e. The Morgan fingerprint density at radius 1 is 1.36 bits per heavy atom. The van der Waals surface area contributed by atoms with E-state index in [1.807, 2.05) is 0 Å². The van der Waals surface area contributed by atoms with Crippen LogP contribution in [0.5, 0.6) is 0 Å². The van der Waals surface area contributed by atoms with E-state index >= 15 is 0 Å². The van der Waals surface area contributed by atoms with Crippen molar-refractivity contribution in [1.29, 1.82) is 0 Å². The summed E-state index contributed by atoms with van der Waals surface area (Å²) in [5.41, 5.74) is 0. The molecule has 9 heteroatoms. The van der Waals surface area contributed by atoms with Crippen molar-refractivity contribution in [3.05, 3.63) is 0 Å². The summed E-state index contributed by atoms with van der Waals surface area (Å²) in [7, 11) is -4.17. The van der Waals surface area contributed by atoms with E-state index in [4.69, 9.17) is 14.9 Å². The summed E-state index contributed by atoms with van der Waals surface area (Å²) in [6.07, 6.45) is 0. The smallest absolute Gasteiger partial charge is 0.381 e. The van der Waals surface area contributed by atoms with Crippen molar-refractivity contribution in [3.8, 4) is 0 Å². The second kappa shape index (κ2) is 10.0. The number of nitrogens with one attached hydrogen (secondary N) is 1. The third-order valence-corrected chi connectivity index (χ3v) is 1.42. The normalized spacial score (nSPS) is 11.3. The lowest BCUT2D eigenvalue weighted by atomic mass is 11.2. The molecule has 0 rings (SSSR count). The highest BCUT2D eigenvalue weighted by Gasteiger charge is 2.31. The van der Waals surface area contributed by atoms with Crippen LogP contribution in [-0.2, 0) is 13.4 Å². The maximum atomic E-state index is 9.39. The van der Waals surface area contributed by atoms with Crippen LogP contribution in [0.2, 0.25) is 0 Å². The highest BCUT2D eigenvalue weighted by atomic mass is 31.2. The largest absolute Gasteiger partial charge is 0.745 e.